The second-order valence-electron chi connectivity index (χ2n) is 5.86. The predicted molar refractivity (Wildman–Crippen MR) is 75.9 cm³/mol. The molecular formula is C15H22N2O4. The maximum Gasteiger partial charge on any atom is 0.308 e. The Morgan fingerprint density at radius 1 is 1.48 bits per heavy atom. The number of carboxylic acids is 1. The first-order chi connectivity index (χ1) is 9.90. The van der Waals surface area contributed by atoms with Gasteiger partial charge in [-0.2, -0.15) is 0 Å². The molecule has 6 heteroatoms. The van der Waals surface area contributed by atoms with E-state index in [0.717, 1.165) is 23.4 Å². The van der Waals surface area contributed by atoms with E-state index in [1.54, 1.807) is 4.90 Å². The number of amides is 1. The Kier molecular flexibility index (Phi) is 4.65. The smallest absolute Gasteiger partial charge is 0.308 e. The number of nitrogens with zero attached hydrogens (tertiary/aromatic N) is 2. The van der Waals surface area contributed by atoms with E-state index in [1.807, 2.05) is 20.8 Å². The van der Waals surface area contributed by atoms with Crippen LogP contribution < -0.4 is 0 Å². The maximum atomic E-state index is 12.4. The lowest BCUT2D eigenvalue weighted by Crippen LogP contribution is -2.42. The Morgan fingerprint density at radius 2 is 2.19 bits per heavy atom. The van der Waals surface area contributed by atoms with Crippen LogP contribution in [0.15, 0.2) is 4.52 Å². The maximum absolute atomic E-state index is 12.4. The van der Waals surface area contributed by atoms with E-state index in [4.69, 9.17) is 9.63 Å². The van der Waals surface area contributed by atoms with E-state index in [1.165, 1.54) is 0 Å². The second kappa shape index (κ2) is 6.28. The van der Waals surface area contributed by atoms with Crippen molar-refractivity contribution in [1.29, 1.82) is 0 Å². The zero-order valence-corrected chi connectivity index (χ0v) is 12.8. The summed E-state index contributed by atoms with van der Waals surface area (Å²) in [6.07, 6.45) is 1.76. The third-order valence-electron chi connectivity index (χ3n) is 4.19. The number of carbonyl (C=O) groups is 2. The van der Waals surface area contributed by atoms with Gasteiger partial charge >= 0.3 is 5.97 Å². The second-order valence-corrected chi connectivity index (χ2v) is 5.86. The molecule has 0 radical (unpaired) electrons. The van der Waals surface area contributed by atoms with Gasteiger partial charge in [0.15, 0.2) is 0 Å². The molecule has 0 aromatic carbocycles. The predicted octanol–water partition coefficient (Wildman–Crippen LogP) is 2.11. The number of aromatic nitrogens is 1. The molecule has 1 fully saturated rings. The Hall–Kier alpha value is -1.85. The van der Waals surface area contributed by atoms with Crippen LogP contribution in [0.2, 0.25) is 0 Å². The van der Waals surface area contributed by atoms with Gasteiger partial charge in [0.05, 0.1) is 11.6 Å². The zero-order chi connectivity index (χ0) is 15.6. The number of carboxylic acid groups (broad SMARTS) is 1. The van der Waals surface area contributed by atoms with Gasteiger partial charge in [-0.1, -0.05) is 12.1 Å². The van der Waals surface area contributed by atoms with Gasteiger partial charge in [-0.25, -0.2) is 0 Å². The van der Waals surface area contributed by atoms with Crippen molar-refractivity contribution in [3.05, 3.63) is 17.0 Å². The normalized spacial score (nSPS) is 20.3. The Bertz CT molecular complexity index is 518. The van der Waals surface area contributed by atoms with Gasteiger partial charge in [0.2, 0.25) is 5.91 Å². The van der Waals surface area contributed by atoms with E-state index in [2.05, 4.69) is 5.16 Å². The molecule has 1 aliphatic rings. The largest absolute Gasteiger partial charge is 0.481 e. The van der Waals surface area contributed by atoms with Crippen molar-refractivity contribution in [3.63, 3.8) is 0 Å². The molecule has 1 aromatic heterocycles. The molecule has 1 N–H and O–H groups in total. The van der Waals surface area contributed by atoms with Crippen LogP contribution in [0.4, 0.5) is 0 Å². The monoisotopic (exact) mass is 294 g/mol. The third kappa shape index (κ3) is 3.43. The number of aryl methyl sites for hydroxylation is 2. The van der Waals surface area contributed by atoms with Crippen LogP contribution in [0.5, 0.6) is 0 Å². The summed E-state index contributed by atoms with van der Waals surface area (Å²) in [6, 6.07) is 0. The lowest BCUT2D eigenvalue weighted by Gasteiger charge is -2.31. The highest BCUT2D eigenvalue weighted by molar-refractivity contribution is 5.78. The highest BCUT2D eigenvalue weighted by Crippen LogP contribution is 2.27. The average molecular weight is 294 g/mol. The van der Waals surface area contributed by atoms with Gasteiger partial charge < -0.3 is 14.5 Å². The summed E-state index contributed by atoms with van der Waals surface area (Å²) in [7, 11) is 0. The number of carbonyl (C=O) groups excluding carboxylic acids is 1. The van der Waals surface area contributed by atoms with Crippen molar-refractivity contribution in [2.45, 2.75) is 46.0 Å². The highest BCUT2D eigenvalue weighted by Gasteiger charge is 2.29. The molecule has 0 bridgehead atoms. The molecule has 2 rings (SSSR count). The van der Waals surface area contributed by atoms with Crippen LogP contribution in [0.25, 0.3) is 0 Å². The first-order valence-corrected chi connectivity index (χ1v) is 7.33. The molecule has 1 aliphatic heterocycles. The molecule has 21 heavy (non-hydrogen) atoms. The molecule has 0 aliphatic carbocycles. The summed E-state index contributed by atoms with van der Waals surface area (Å²) < 4.78 is 5.14. The van der Waals surface area contributed by atoms with Crippen LogP contribution in [0.3, 0.4) is 0 Å². The summed E-state index contributed by atoms with van der Waals surface area (Å²) in [5.74, 6) is -0.472. The minimum absolute atomic E-state index is 0.00782. The number of hydrogen-bond donors (Lipinski definition) is 1. The van der Waals surface area contributed by atoms with Gasteiger partial charge in [0, 0.05) is 25.1 Å². The van der Waals surface area contributed by atoms with E-state index in [9.17, 15) is 9.59 Å². The fourth-order valence-electron chi connectivity index (χ4n) is 3.09. The molecule has 0 unspecified atom stereocenters. The molecule has 0 saturated carbocycles. The number of piperidine rings is 1. The summed E-state index contributed by atoms with van der Waals surface area (Å²) >= 11 is 0. The van der Waals surface area contributed by atoms with Crippen molar-refractivity contribution in [3.8, 4) is 0 Å². The number of rotatable bonds is 4. The Morgan fingerprint density at radius 3 is 2.76 bits per heavy atom. The van der Waals surface area contributed by atoms with Crippen LogP contribution in [-0.2, 0) is 9.59 Å². The number of aliphatic carboxylic acids is 1. The SMILES string of the molecule is Cc1noc(C)c1[C@@H](C)CC(=O)N1CCC[C@@H](C(=O)O)C1. The first-order valence-electron chi connectivity index (χ1n) is 7.33. The van der Waals surface area contributed by atoms with Crippen molar-refractivity contribution in [1.82, 2.24) is 10.1 Å². The van der Waals surface area contributed by atoms with E-state index < -0.39 is 11.9 Å². The zero-order valence-electron chi connectivity index (χ0n) is 12.8. The number of likely N-dealkylation sites (tertiary alicyclic amines) is 1. The van der Waals surface area contributed by atoms with E-state index >= 15 is 0 Å². The highest BCUT2D eigenvalue weighted by atomic mass is 16.5. The average Bonchev–Trinajstić information content (AvgIpc) is 2.78. The van der Waals surface area contributed by atoms with Crippen molar-refractivity contribution in [2.24, 2.45) is 5.92 Å². The van der Waals surface area contributed by atoms with Crippen molar-refractivity contribution < 1.29 is 19.2 Å². The molecule has 6 nitrogen and oxygen atoms in total. The summed E-state index contributed by atoms with van der Waals surface area (Å²) in [4.78, 5) is 25.1. The summed E-state index contributed by atoms with van der Waals surface area (Å²) in [5, 5.41) is 13.0. The fraction of sp³-hybridized carbons (Fsp3) is 0.667. The van der Waals surface area contributed by atoms with Gasteiger partial charge in [-0.15, -0.1) is 0 Å². The lowest BCUT2D eigenvalue weighted by molar-refractivity contribution is -0.145. The molecule has 0 spiro atoms. The van der Waals surface area contributed by atoms with Crippen LogP contribution in [0, 0.1) is 19.8 Å². The molecule has 116 valence electrons. The third-order valence-corrected chi connectivity index (χ3v) is 4.19. The topological polar surface area (TPSA) is 83.6 Å². The van der Waals surface area contributed by atoms with Crippen LogP contribution >= 0.6 is 0 Å². The lowest BCUT2D eigenvalue weighted by atomic mass is 9.94. The molecule has 1 amide bonds. The van der Waals surface area contributed by atoms with Crippen LogP contribution in [-0.4, -0.2) is 40.1 Å². The van der Waals surface area contributed by atoms with Gasteiger partial charge in [-0.05, 0) is 32.6 Å². The molecule has 1 aromatic rings. The molecule has 2 heterocycles. The molecule has 1 saturated heterocycles. The first kappa shape index (κ1) is 15.5. The summed E-state index contributed by atoms with van der Waals surface area (Å²) in [6.45, 7) is 6.66. The minimum atomic E-state index is -0.814. The Balaban J connectivity index is 1.99. The quantitative estimate of drug-likeness (QED) is 0.919. The van der Waals surface area contributed by atoms with Gasteiger partial charge in [0.1, 0.15) is 5.76 Å². The van der Waals surface area contributed by atoms with E-state index in [-0.39, 0.29) is 11.8 Å². The molecule has 2 atom stereocenters. The molecular weight excluding hydrogens is 272 g/mol. The standard InChI is InChI=1S/C15H22N2O4/c1-9(14-10(2)16-21-11(14)3)7-13(18)17-6-4-5-12(8-17)15(19)20/h9,12H,4-8H2,1-3H3,(H,19,20)/t9-,12+/m0/s1. The van der Waals surface area contributed by atoms with Crippen molar-refractivity contribution >= 4 is 11.9 Å². The van der Waals surface area contributed by atoms with Crippen LogP contribution in [0.1, 0.15) is 49.1 Å². The van der Waals surface area contributed by atoms with Gasteiger partial charge in [0.25, 0.3) is 0 Å². The van der Waals surface area contributed by atoms with Crippen molar-refractivity contribution in [2.75, 3.05) is 13.1 Å². The van der Waals surface area contributed by atoms with E-state index in [0.29, 0.717) is 25.9 Å². The minimum Gasteiger partial charge on any atom is -0.481 e. The summed E-state index contributed by atoms with van der Waals surface area (Å²) in [5.41, 5.74) is 1.80. The van der Waals surface area contributed by atoms with Gasteiger partial charge in [-0.3, -0.25) is 9.59 Å². The number of hydrogen-bond acceptors (Lipinski definition) is 4. The fourth-order valence-corrected chi connectivity index (χ4v) is 3.09. The Labute approximate surface area is 124 Å².